The summed E-state index contributed by atoms with van der Waals surface area (Å²) in [6, 6.07) is 8.83. The quantitative estimate of drug-likeness (QED) is 0.788. The molecule has 0 saturated carbocycles. The number of carbonyl (C=O) groups excluding carboxylic acids is 1. The van der Waals surface area contributed by atoms with Crippen molar-refractivity contribution < 1.29 is 14.4 Å². The van der Waals surface area contributed by atoms with Gasteiger partial charge in [0, 0.05) is 45.2 Å². The molecule has 1 aromatic carbocycles. The summed E-state index contributed by atoms with van der Waals surface area (Å²) in [5, 5.41) is 14.0. The molecule has 1 N–H and O–H groups in total. The van der Waals surface area contributed by atoms with Crippen LogP contribution < -0.4 is 4.90 Å². The summed E-state index contributed by atoms with van der Waals surface area (Å²) in [4.78, 5) is 24.0. The zero-order valence-corrected chi connectivity index (χ0v) is 18.8. The maximum absolute atomic E-state index is 13.4. The van der Waals surface area contributed by atoms with Crippen LogP contribution in [0.1, 0.15) is 61.5 Å². The van der Waals surface area contributed by atoms with Crippen molar-refractivity contribution in [3.8, 4) is 0 Å². The molecule has 3 fully saturated rings. The Morgan fingerprint density at radius 3 is 2.44 bits per heavy atom. The molecule has 2 amide bonds. The zero-order chi connectivity index (χ0) is 22.1. The smallest absolute Gasteiger partial charge is 0.320 e. The van der Waals surface area contributed by atoms with Gasteiger partial charge < -0.3 is 24.3 Å². The van der Waals surface area contributed by atoms with E-state index < -0.39 is 0 Å². The number of hydrogen-bond donors (Lipinski definition) is 1. The Bertz CT molecular complexity index is 918. The second kappa shape index (κ2) is 9.10. The van der Waals surface area contributed by atoms with Crippen LogP contribution in [0.4, 0.5) is 10.7 Å². The number of aliphatic hydroxyl groups is 1. The minimum absolute atomic E-state index is 0.0152. The number of urea groups is 1. The summed E-state index contributed by atoms with van der Waals surface area (Å²) in [5.74, 6) is 1.54. The Balaban J connectivity index is 1.37. The monoisotopic (exact) mass is 439 g/mol. The van der Waals surface area contributed by atoms with Crippen LogP contribution in [0.2, 0.25) is 0 Å². The first-order chi connectivity index (χ1) is 15.6. The number of likely N-dealkylation sites (tertiary alicyclic amines) is 2. The predicted octanol–water partition coefficient (Wildman–Crippen LogP) is 2.99. The van der Waals surface area contributed by atoms with Crippen LogP contribution in [0.15, 0.2) is 28.8 Å². The highest BCUT2D eigenvalue weighted by Gasteiger charge is 2.37. The predicted molar refractivity (Wildman–Crippen MR) is 121 cm³/mol. The van der Waals surface area contributed by atoms with Gasteiger partial charge in [-0.3, -0.25) is 0 Å². The summed E-state index contributed by atoms with van der Waals surface area (Å²) >= 11 is 0. The summed E-state index contributed by atoms with van der Waals surface area (Å²) < 4.78 is 5.68. The Hall–Kier alpha value is -2.61. The number of piperidine rings is 2. The Morgan fingerprint density at radius 2 is 1.78 bits per heavy atom. The molecule has 4 heterocycles. The molecule has 0 spiro atoms. The third-order valence-electron chi connectivity index (χ3n) is 7.23. The van der Waals surface area contributed by atoms with E-state index in [1.165, 1.54) is 11.1 Å². The van der Waals surface area contributed by atoms with Crippen LogP contribution in [0, 0.1) is 0 Å². The van der Waals surface area contributed by atoms with E-state index in [4.69, 9.17) is 9.51 Å². The fraction of sp³-hybridized carbons (Fsp3) is 0.625. The minimum atomic E-state index is -0.295. The van der Waals surface area contributed by atoms with Gasteiger partial charge in [-0.2, -0.15) is 4.98 Å². The average molecular weight is 440 g/mol. The van der Waals surface area contributed by atoms with Crippen molar-refractivity contribution in [1.29, 1.82) is 0 Å². The molecule has 3 saturated heterocycles. The molecule has 172 valence electrons. The zero-order valence-electron chi connectivity index (χ0n) is 18.8. The molecule has 2 atom stereocenters. The van der Waals surface area contributed by atoms with Crippen molar-refractivity contribution in [2.24, 2.45) is 0 Å². The number of carbonyl (C=O) groups is 1. The Labute approximate surface area is 189 Å². The molecular formula is C24H33N5O3. The van der Waals surface area contributed by atoms with E-state index in [2.05, 4.69) is 41.2 Å². The van der Waals surface area contributed by atoms with Gasteiger partial charge in [0.2, 0.25) is 5.89 Å². The molecule has 8 heteroatoms. The van der Waals surface area contributed by atoms with E-state index in [-0.39, 0.29) is 24.0 Å². The lowest BCUT2D eigenvalue weighted by Gasteiger charge is -2.40. The van der Waals surface area contributed by atoms with Gasteiger partial charge in [-0.25, -0.2) is 4.79 Å². The van der Waals surface area contributed by atoms with Crippen molar-refractivity contribution in [1.82, 2.24) is 19.9 Å². The number of aryl methyl sites for hydroxylation is 1. The van der Waals surface area contributed by atoms with Crippen LogP contribution in [0.5, 0.6) is 0 Å². The number of hydrogen-bond acceptors (Lipinski definition) is 6. The maximum Gasteiger partial charge on any atom is 0.320 e. The summed E-state index contributed by atoms with van der Waals surface area (Å²) in [5.41, 5.74) is 2.57. The lowest BCUT2D eigenvalue weighted by Crippen LogP contribution is -2.51. The highest BCUT2D eigenvalue weighted by atomic mass is 16.5. The highest BCUT2D eigenvalue weighted by molar-refractivity contribution is 5.75. The topological polar surface area (TPSA) is 85.9 Å². The van der Waals surface area contributed by atoms with Crippen LogP contribution in [0.3, 0.4) is 0 Å². The highest BCUT2D eigenvalue weighted by Crippen LogP contribution is 2.36. The molecule has 3 aliphatic rings. The third-order valence-corrected chi connectivity index (χ3v) is 7.23. The molecule has 0 bridgehead atoms. The second-order valence-electron chi connectivity index (χ2n) is 9.40. The van der Waals surface area contributed by atoms with Crippen LogP contribution in [-0.2, 0) is 6.42 Å². The van der Waals surface area contributed by atoms with Crippen molar-refractivity contribution in [2.75, 3.05) is 44.2 Å². The van der Waals surface area contributed by atoms with Crippen molar-refractivity contribution in [3.05, 3.63) is 41.3 Å². The molecular weight excluding hydrogens is 406 g/mol. The van der Waals surface area contributed by atoms with Gasteiger partial charge in [-0.15, -0.1) is 0 Å². The van der Waals surface area contributed by atoms with Crippen LogP contribution in [-0.4, -0.2) is 76.5 Å². The van der Waals surface area contributed by atoms with E-state index in [1.807, 2.05) is 9.80 Å². The SMILES string of the molecule is CCc1ccc(C2CC(c3nc(N4CCC4)no3)CN(C(=O)N3CCC(O)CC3)C2)cc1. The molecule has 5 rings (SSSR count). The van der Waals surface area contributed by atoms with Crippen molar-refractivity contribution >= 4 is 12.0 Å². The van der Waals surface area contributed by atoms with Crippen LogP contribution >= 0.6 is 0 Å². The molecule has 0 radical (unpaired) electrons. The largest absolute Gasteiger partial charge is 0.393 e. The van der Waals surface area contributed by atoms with Gasteiger partial charge in [0.1, 0.15) is 0 Å². The van der Waals surface area contributed by atoms with Gasteiger partial charge in [0.25, 0.3) is 5.95 Å². The maximum atomic E-state index is 13.4. The van der Waals surface area contributed by atoms with Crippen LogP contribution in [0.25, 0.3) is 0 Å². The third kappa shape index (κ3) is 4.33. The first kappa shape index (κ1) is 21.2. The standard InChI is InChI=1S/C24H33N5O3/c1-2-17-4-6-18(7-5-17)19-14-20(22-25-23(26-32-22)27-10-3-11-27)16-29(15-19)24(31)28-12-8-21(30)9-13-28/h4-7,19-21,30H,2-3,8-16H2,1H3. The first-order valence-electron chi connectivity index (χ1n) is 12.0. The molecule has 8 nitrogen and oxygen atoms in total. The van der Waals surface area contributed by atoms with Gasteiger partial charge in [0.05, 0.1) is 12.0 Å². The molecule has 1 aromatic heterocycles. The summed E-state index contributed by atoms with van der Waals surface area (Å²) in [6.07, 6.45) is 4.06. The van der Waals surface area contributed by atoms with Gasteiger partial charge in [-0.05, 0) is 48.4 Å². The molecule has 0 aliphatic carbocycles. The van der Waals surface area contributed by atoms with Crippen molar-refractivity contribution in [2.45, 2.75) is 57.0 Å². The molecule has 3 aliphatic heterocycles. The Kier molecular flexibility index (Phi) is 6.04. The van der Waals surface area contributed by atoms with E-state index in [0.29, 0.717) is 50.9 Å². The first-order valence-corrected chi connectivity index (χ1v) is 12.0. The Morgan fingerprint density at radius 1 is 1.06 bits per heavy atom. The fourth-order valence-electron chi connectivity index (χ4n) is 5.00. The lowest BCUT2D eigenvalue weighted by molar-refractivity contribution is 0.0744. The molecule has 2 unspecified atom stereocenters. The lowest BCUT2D eigenvalue weighted by atomic mass is 9.84. The second-order valence-corrected chi connectivity index (χ2v) is 9.40. The van der Waals surface area contributed by atoms with Gasteiger partial charge >= 0.3 is 6.03 Å². The number of nitrogens with zero attached hydrogens (tertiary/aromatic N) is 5. The average Bonchev–Trinajstić information content (AvgIpc) is 3.27. The van der Waals surface area contributed by atoms with E-state index in [9.17, 15) is 9.90 Å². The van der Waals surface area contributed by atoms with E-state index >= 15 is 0 Å². The number of aromatic nitrogens is 2. The number of anilines is 1. The van der Waals surface area contributed by atoms with Gasteiger partial charge in [-0.1, -0.05) is 31.2 Å². The molecule has 32 heavy (non-hydrogen) atoms. The minimum Gasteiger partial charge on any atom is -0.393 e. The number of aliphatic hydroxyl groups excluding tert-OH is 1. The van der Waals surface area contributed by atoms with E-state index in [0.717, 1.165) is 32.4 Å². The number of amides is 2. The van der Waals surface area contributed by atoms with Gasteiger partial charge in [0.15, 0.2) is 0 Å². The summed E-state index contributed by atoms with van der Waals surface area (Å²) in [6.45, 7) is 6.60. The normalized spacial score (nSPS) is 24.5. The van der Waals surface area contributed by atoms with Crippen molar-refractivity contribution in [3.63, 3.8) is 0 Å². The molecule has 2 aromatic rings. The number of rotatable bonds is 4. The fourth-order valence-corrected chi connectivity index (χ4v) is 5.00. The number of benzene rings is 1. The summed E-state index contributed by atoms with van der Waals surface area (Å²) in [7, 11) is 0. The van der Waals surface area contributed by atoms with E-state index in [1.54, 1.807) is 0 Å².